The molecule has 18 heavy (non-hydrogen) atoms. The lowest BCUT2D eigenvalue weighted by Crippen LogP contribution is -2.08. The minimum atomic E-state index is -0.159. The van der Waals surface area contributed by atoms with Crippen molar-refractivity contribution in [3.05, 3.63) is 46.0 Å². The number of hydrogen-bond acceptors (Lipinski definition) is 5. The molecule has 2 heterocycles. The minimum Gasteiger partial charge on any atom is -0.324 e. The van der Waals surface area contributed by atoms with Crippen LogP contribution in [0.3, 0.4) is 0 Å². The average molecular weight is 262 g/mol. The second-order valence-corrected chi connectivity index (χ2v) is 5.02. The molecule has 0 saturated carbocycles. The molecule has 6 heteroatoms. The Kier molecular flexibility index (Phi) is 3.78. The average Bonchev–Trinajstić information content (AvgIpc) is 2.27. The van der Waals surface area contributed by atoms with E-state index >= 15 is 0 Å². The zero-order valence-corrected chi connectivity index (χ0v) is 11.0. The Hall–Kier alpha value is -1.66. The van der Waals surface area contributed by atoms with E-state index in [0.717, 1.165) is 10.6 Å². The molecule has 2 rings (SSSR count). The van der Waals surface area contributed by atoms with Gasteiger partial charge in [-0.1, -0.05) is 0 Å². The van der Waals surface area contributed by atoms with Crippen molar-refractivity contribution in [2.24, 2.45) is 5.73 Å². The van der Waals surface area contributed by atoms with Crippen LogP contribution in [0.2, 0.25) is 0 Å². The summed E-state index contributed by atoms with van der Waals surface area (Å²) in [7, 11) is 0. The lowest BCUT2D eigenvalue weighted by Gasteiger charge is -2.06. The molecule has 0 amide bonds. The second kappa shape index (κ2) is 5.32. The molecule has 0 radical (unpaired) electrons. The number of nitrogens with two attached hydrogens (primary N) is 1. The maximum Gasteiger partial charge on any atom is 0.251 e. The number of hydrogen-bond donors (Lipinski definition) is 2. The zero-order chi connectivity index (χ0) is 13.1. The Bertz CT molecular complexity index is 609. The molecular weight excluding hydrogens is 248 g/mol. The van der Waals surface area contributed by atoms with Crippen LogP contribution >= 0.6 is 11.8 Å². The van der Waals surface area contributed by atoms with Crippen molar-refractivity contribution in [2.75, 3.05) is 0 Å². The van der Waals surface area contributed by atoms with Crippen LogP contribution < -0.4 is 11.3 Å². The number of nitrogens with one attached hydrogen (secondary N) is 1. The minimum absolute atomic E-state index is 0.0446. The molecule has 0 aliphatic rings. The summed E-state index contributed by atoms with van der Waals surface area (Å²) in [5, 5.41) is 1.30. The van der Waals surface area contributed by atoms with Gasteiger partial charge in [0, 0.05) is 24.0 Å². The molecule has 0 aliphatic heterocycles. The molecule has 94 valence electrons. The fourth-order valence-corrected chi connectivity index (χ4v) is 2.31. The third-order valence-corrected chi connectivity index (χ3v) is 3.15. The first-order valence-electron chi connectivity index (χ1n) is 5.52. The van der Waals surface area contributed by atoms with E-state index in [-0.39, 0.29) is 11.6 Å². The van der Waals surface area contributed by atoms with Gasteiger partial charge in [-0.2, -0.15) is 0 Å². The van der Waals surface area contributed by atoms with Gasteiger partial charge in [0.2, 0.25) is 0 Å². The summed E-state index contributed by atoms with van der Waals surface area (Å²) in [6.45, 7) is 3.70. The van der Waals surface area contributed by atoms with Gasteiger partial charge in [0.05, 0.1) is 0 Å². The molecule has 0 aliphatic carbocycles. The standard InChI is InChI=1S/C12H14N4OS/c1-7-5-10(17)16-12(15-7)18-11-6-9(8(2)13)3-4-14-11/h3-6,8H,13H2,1-2H3,(H,15,16,17)/t8-/m1/s1. The summed E-state index contributed by atoms with van der Waals surface area (Å²) in [5.41, 5.74) is 7.34. The maximum absolute atomic E-state index is 11.3. The van der Waals surface area contributed by atoms with Gasteiger partial charge < -0.3 is 10.7 Å². The van der Waals surface area contributed by atoms with Gasteiger partial charge in [0.25, 0.3) is 5.56 Å². The van der Waals surface area contributed by atoms with Crippen LogP contribution in [0.25, 0.3) is 0 Å². The molecular formula is C12H14N4OS. The molecule has 1 atom stereocenters. The van der Waals surface area contributed by atoms with Crippen LogP contribution in [-0.2, 0) is 0 Å². The van der Waals surface area contributed by atoms with Crippen molar-refractivity contribution in [3.63, 3.8) is 0 Å². The highest BCUT2D eigenvalue weighted by atomic mass is 32.2. The third-order valence-electron chi connectivity index (χ3n) is 2.33. The van der Waals surface area contributed by atoms with Crippen LogP contribution in [0.4, 0.5) is 0 Å². The van der Waals surface area contributed by atoms with Crippen molar-refractivity contribution in [3.8, 4) is 0 Å². The maximum atomic E-state index is 11.3. The summed E-state index contributed by atoms with van der Waals surface area (Å²) >= 11 is 1.31. The highest BCUT2D eigenvalue weighted by Gasteiger charge is 2.05. The quantitative estimate of drug-likeness (QED) is 0.821. The Balaban J connectivity index is 2.28. The van der Waals surface area contributed by atoms with Crippen molar-refractivity contribution in [1.82, 2.24) is 15.0 Å². The molecule has 0 fully saturated rings. The van der Waals surface area contributed by atoms with E-state index in [1.54, 1.807) is 13.1 Å². The predicted molar refractivity (Wildman–Crippen MR) is 70.6 cm³/mol. The SMILES string of the molecule is Cc1cc(=O)[nH]c(Sc2cc([C@@H](C)N)ccn2)n1. The van der Waals surface area contributed by atoms with Gasteiger partial charge in [0.1, 0.15) is 5.03 Å². The number of aryl methyl sites for hydroxylation is 1. The van der Waals surface area contributed by atoms with Crippen LogP contribution in [0.1, 0.15) is 24.2 Å². The fraction of sp³-hybridized carbons (Fsp3) is 0.250. The highest BCUT2D eigenvalue weighted by Crippen LogP contribution is 2.23. The third kappa shape index (κ3) is 3.18. The van der Waals surface area contributed by atoms with E-state index in [1.165, 1.54) is 17.8 Å². The van der Waals surface area contributed by atoms with Gasteiger partial charge in [-0.25, -0.2) is 9.97 Å². The first-order chi connectivity index (χ1) is 8.54. The first-order valence-corrected chi connectivity index (χ1v) is 6.33. The highest BCUT2D eigenvalue weighted by molar-refractivity contribution is 7.99. The van der Waals surface area contributed by atoms with Crippen molar-refractivity contribution in [1.29, 1.82) is 0 Å². The Labute approximate surface area is 109 Å². The lowest BCUT2D eigenvalue weighted by atomic mass is 10.1. The first kappa shape index (κ1) is 12.8. The smallest absolute Gasteiger partial charge is 0.251 e. The number of aromatic amines is 1. The molecule has 3 N–H and O–H groups in total. The normalized spacial score (nSPS) is 12.4. The topological polar surface area (TPSA) is 84.7 Å². The fourth-order valence-electron chi connectivity index (χ4n) is 1.46. The molecule has 5 nitrogen and oxygen atoms in total. The van der Waals surface area contributed by atoms with E-state index in [4.69, 9.17) is 5.73 Å². The summed E-state index contributed by atoms with van der Waals surface area (Å²) in [4.78, 5) is 22.5. The van der Waals surface area contributed by atoms with E-state index in [1.807, 2.05) is 19.1 Å². The van der Waals surface area contributed by atoms with Crippen LogP contribution in [0.5, 0.6) is 0 Å². The molecule has 0 bridgehead atoms. The summed E-state index contributed by atoms with van der Waals surface area (Å²) in [6, 6.07) is 5.19. The van der Waals surface area contributed by atoms with Crippen LogP contribution in [-0.4, -0.2) is 15.0 Å². The number of rotatable bonds is 3. The van der Waals surface area contributed by atoms with Crippen molar-refractivity contribution < 1.29 is 0 Å². The molecule has 0 saturated heterocycles. The van der Waals surface area contributed by atoms with Gasteiger partial charge in [-0.05, 0) is 43.3 Å². The Morgan fingerprint density at radius 3 is 2.89 bits per heavy atom. The van der Waals surface area contributed by atoms with E-state index < -0.39 is 0 Å². The summed E-state index contributed by atoms with van der Waals surface area (Å²) in [6.07, 6.45) is 1.70. The largest absolute Gasteiger partial charge is 0.324 e. The summed E-state index contributed by atoms with van der Waals surface area (Å²) < 4.78 is 0. The van der Waals surface area contributed by atoms with Crippen LogP contribution in [0, 0.1) is 6.92 Å². The van der Waals surface area contributed by atoms with E-state index in [9.17, 15) is 4.79 Å². The second-order valence-electron chi connectivity index (χ2n) is 4.01. The number of nitrogens with zero attached hydrogens (tertiary/aromatic N) is 2. The van der Waals surface area contributed by atoms with Gasteiger partial charge in [0.15, 0.2) is 5.16 Å². The number of pyridine rings is 1. The van der Waals surface area contributed by atoms with Gasteiger partial charge in [-0.15, -0.1) is 0 Å². The van der Waals surface area contributed by atoms with E-state index in [0.29, 0.717) is 10.9 Å². The monoisotopic (exact) mass is 262 g/mol. The molecule has 0 unspecified atom stereocenters. The zero-order valence-electron chi connectivity index (χ0n) is 10.2. The molecule has 0 aromatic carbocycles. The van der Waals surface area contributed by atoms with Crippen molar-refractivity contribution >= 4 is 11.8 Å². The summed E-state index contributed by atoms with van der Waals surface area (Å²) in [5.74, 6) is 0. The Morgan fingerprint density at radius 2 is 2.22 bits per heavy atom. The number of aromatic nitrogens is 3. The van der Waals surface area contributed by atoms with Crippen LogP contribution in [0.15, 0.2) is 39.4 Å². The number of H-pyrrole nitrogens is 1. The lowest BCUT2D eigenvalue weighted by molar-refractivity contribution is 0.807. The molecule has 2 aromatic heterocycles. The van der Waals surface area contributed by atoms with E-state index in [2.05, 4.69) is 15.0 Å². The van der Waals surface area contributed by atoms with Crippen molar-refractivity contribution in [2.45, 2.75) is 30.1 Å². The Morgan fingerprint density at radius 1 is 1.44 bits per heavy atom. The van der Waals surface area contributed by atoms with Gasteiger partial charge >= 0.3 is 0 Å². The molecule has 0 spiro atoms. The molecule has 2 aromatic rings. The van der Waals surface area contributed by atoms with Gasteiger partial charge in [-0.3, -0.25) is 4.79 Å². The predicted octanol–water partition coefficient (Wildman–Crippen LogP) is 1.64.